The highest BCUT2D eigenvalue weighted by Crippen LogP contribution is 2.32. The van der Waals surface area contributed by atoms with Crippen LogP contribution < -0.4 is 20.1 Å². The molecule has 1 atom stereocenters. The highest BCUT2D eigenvalue weighted by atomic mass is 16.5. The number of nitrogens with one attached hydrogen (secondary N) is 2. The van der Waals surface area contributed by atoms with Crippen LogP contribution in [0.5, 0.6) is 11.5 Å². The molecule has 8 nitrogen and oxygen atoms in total. The topological polar surface area (TPSA) is 70.6 Å². The third kappa shape index (κ3) is 7.87. The molecule has 0 radical (unpaired) electrons. The first-order valence-corrected chi connectivity index (χ1v) is 10.9. The fourth-order valence-corrected chi connectivity index (χ4v) is 4.06. The van der Waals surface area contributed by atoms with Gasteiger partial charge in [-0.15, -0.1) is 0 Å². The van der Waals surface area contributed by atoms with Crippen LogP contribution >= 0.6 is 0 Å². The quantitative estimate of drug-likeness (QED) is 0.429. The van der Waals surface area contributed by atoms with Crippen molar-refractivity contribution in [2.45, 2.75) is 19.9 Å². The molecule has 0 amide bonds. The van der Waals surface area contributed by atoms with E-state index >= 15 is 0 Å². The van der Waals surface area contributed by atoms with Gasteiger partial charge in [-0.05, 0) is 37.2 Å². The normalized spacial score (nSPS) is 16.8. The maximum Gasteiger partial charge on any atom is 0.191 e. The minimum Gasteiger partial charge on any atom is -0.493 e. The Morgan fingerprint density at radius 1 is 1.16 bits per heavy atom. The lowest BCUT2D eigenvalue weighted by molar-refractivity contribution is 0.0169. The van der Waals surface area contributed by atoms with Crippen molar-refractivity contribution < 1.29 is 14.2 Å². The minimum absolute atomic E-state index is 0.133. The molecule has 1 saturated heterocycles. The van der Waals surface area contributed by atoms with Crippen LogP contribution in [0.15, 0.2) is 23.2 Å². The molecule has 1 aliphatic rings. The van der Waals surface area contributed by atoms with Gasteiger partial charge in [-0.3, -0.25) is 9.89 Å². The van der Waals surface area contributed by atoms with Crippen LogP contribution in [0, 0.1) is 5.41 Å². The van der Waals surface area contributed by atoms with Gasteiger partial charge in [-0.25, -0.2) is 0 Å². The van der Waals surface area contributed by atoms with Crippen molar-refractivity contribution in [1.82, 2.24) is 20.4 Å². The Morgan fingerprint density at radius 2 is 1.84 bits per heavy atom. The highest BCUT2D eigenvalue weighted by Gasteiger charge is 2.25. The van der Waals surface area contributed by atoms with E-state index in [1.807, 2.05) is 13.1 Å². The molecule has 0 spiro atoms. The van der Waals surface area contributed by atoms with Crippen molar-refractivity contribution in [2.75, 3.05) is 81.3 Å². The zero-order valence-electron chi connectivity index (χ0n) is 20.3. The molecule has 1 aliphatic heterocycles. The third-order valence-corrected chi connectivity index (χ3v) is 5.44. The summed E-state index contributed by atoms with van der Waals surface area (Å²) in [7, 11) is 9.35. The molecule has 8 heteroatoms. The van der Waals surface area contributed by atoms with Gasteiger partial charge in [0.15, 0.2) is 17.5 Å². The van der Waals surface area contributed by atoms with Crippen molar-refractivity contribution in [2.24, 2.45) is 10.4 Å². The zero-order valence-corrected chi connectivity index (χ0v) is 20.3. The fraction of sp³-hybridized carbons (Fsp3) is 0.696. The number of nitrogens with zero attached hydrogens (tertiary/aromatic N) is 3. The van der Waals surface area contributed by atoms with Crippen molar-refractivity contribution in [3.8, 4) is 11.5 Å². The summed E-state index contributed by atoms with van der Waals surface area (Å²) in [6, 6.07) is 6.31. The number of hydrogen-bond donors (Lipinski definition) is 2. The molecule has 0 aromatic heterocycles. The SMILES string of the molecule is CN=C(NCC(c1ccc(OC)c(OC)c1)N1CCOCC1)NCC(C)(C)CN(C)C. The Morgan fingerprint density at radius 3 is 2.42 bits per heavy atom. The first-order chi connectivity index (χ1) is 14.8. The molecule has 0 aliphatic carbocycles. The summed E-state index contributed by atoms with van der Waals surface area (Å²) in [6.07, 6.45) is 0. The first-order valence-electron chi connectivity index (χ1n) is 10.9. The van der Waals surface area contributed by atoms with E-state index in [1.54, 1.807) is 14.2 Å². The van der Waals surface area contributed by atoms with Crippen molar-refractivity contribution in [3.63, 3.8) is 0 Å². The van der Waals surface area contributed by atoms with E-state index in [-0.39, 0.29) is 11.5 Å². The number of methoxy groups -OCH3 is 2. The Balaban J connectivity index is 2.11. The molecule has 31 heavy (non-hydrogen) atoms. The van der Waals surface area contributed by atoms with Gasteiger partial charge in [-0.2, -0.15) is 0 Å². The van der Waals surface area contributed by atoms with E-state index < -0.39 is 0 Å². The number of benzene rings is 1. The second kappa shape index (κ2) is 12.1. The smallest absolute Gasteiger partial charge is 0.191 e. The van der Waals surface area contributed by atoms with E-state index in [0.29, 0.717) is 0 Å². The Hall–Kier alpha value is -2.03. The number of aliphatic imine (C=N–C) groups is 1. The monoisotopic (exact) mass is 435 g/mol. The van der Waals surface area contributed by atoms with Crippen LogP contribution in [-0.4, -0.2) is 97.1 Å². The van der Waals surface area contributed by atoms with Gasteiger partial charge in [-0.1, -0.05) is 19.9 Å². The largest absolute Gasteiger partial charge is 0.493 e. The van der Waals surface area contributed by atoms with Crippen LogP contribution in [0.4, 0.5) is 0 Å². The van der Waals surface area contributed by atoms with E-state index in [9.17, 15) is 0 Å². The molecule has 2 rings (SSSR count). The van der Waals surface area contributed by atoms with E-state index in [1.165, 1.54) is 5.56 Å². The van der Waals surface area contributed by atoms with Gasteiger partial charge in [0, 0.05) is 39.8 Å². The van der Waals surface area contributed by atoms with Gasteiger partial charge < -0.3 is 29.7 Å². The lowest BCUT2D eigenvalue weighted by Crippen LogP contribution is -2.48. The van der Waals surface area contributed by atoms with Crippen LogP contribution in [-0.2, 0) is 4.74 Å². The summed E-state index contributed by atoms with van der Waals surface area (Å²) in [5, 5.41) is 7.02. The molecule has 176 valence electrons. The number of hydrogen-bond acceptors (Lipinski definition) is 6. The maximum absolute atomic E-state index is 5.57. The number of rotatable bonds is 10. The molecular weight excluding hydrogens is 394 g/mol. The molecule has 1 heterocycles. The van der Waals surface area contributed by atoms with Gasteiger partial charge in [0.25, 0.3) is 0 Å². The predicted molar refractivity (Wildman–Crippen MR) is 126 cm³/mol. The molecule has 1 fully saturated rings. The second-order valence-electron chi connectivity index (χ2n) is 8.99. The van der Waals surface area contributed by atoms with Gasteiger partial charge in [0.2, 0.25) is 0 Å². The standard InChI is InChI=1S/C23H41N5O3/c1-23(2,17-27(4)5)16-26-22(24-3)25-15-19(28-10-12-31-13-11-28)18-8-9-20(29-6)21(14-18)30-7/h8-9,14,19H,10-13,15-17H2,1-7H3,(H2,24,25,26). The summed E-state index contributed by atoms with van der Waals surface area (Å²) in [4.78, 5) is 9.09. The van der Waals surface area contributed by atoms with Gasteiger partial charge >= 0.3 is 0 Å². The van der Waals surface area contributed by atoms with Crippen LogP contribution in [0.3, 0.4) is 0 Å². The lowest BCUT2D eigenvalue weighted by Gasteiger charge is -2.35. The third-order valence-electron chi connectivity index (χ3n) is 5.44. The molecule has 0 bridgehead atoms. The number of morpholine rings is 1. The molecule has 1 aromatic rings. The van der Waals surface area contributed by atoms with Gasteiger partial charge in [0.05, 0.1) is 33.5 Å². The van der Waals surface area contributed by atoms with Crippen molar-refractivity contribution >= 4 is 5.96 Å². The number of ether oxygens (including phenoxy) is 3. The number of guanidine groups is 1. The fourth-order valence-electron chi connectivity index (χ4n) is 4.06. The summed E-state index contributed by atoms with van der Waals surface area (Å²) in [5.41, 5.74) is 1.31. The minimum atomic E-state index is 0.133. The summed E-state index contributed by atoms with van der Waals surface area (Å²) >= 11 is 0. The van der Waals surface area contributed by atoms with Crippen LogP contribution in [0.1, 0.15) is 25.5 Å². The predicted octanol–water partition coefficient (Wildman–Crippen LogP) is 1.83. The first kappa shape index (κ1) is 25.2. The Bertz CT molecular complexity index is 702. The lowest BCUT2D eigenvalue weighted by atomic mass is 9.93. The second-order valence-corrected chi connectivity index (χ2v) is 8.99. The highest BCUT2D eigenvalue weighted by molar-refractivity contribution is 5.79. The molecular formula is C23H41N5O3. The Kier molecular flexibility index (Phi) is 9.87. The summed E-state index contributed by atoms with van der Waals surface area (Å²) in [5.74, 6) is 2.29. The van der Waals surface area contributed by atoms with Crippen molar-refractivity contribution in [3.05, 3.63) is 23.8 Å². The van der Waals surface area contributed by atoms with E-state index in [2.05, 4.69) is 65.5 Å². The zero-order chi connectivity index (χ0) is 22.9. The van der Waals surface area contributed by atoms with Gasteiger partial charge in [0.1, 0.15) is 0 Å². The molecule has 1 unspecified atom stereocenters. The molecule has 0 saturated carbocycles. The summed E-state index contributed by atoms with van der Waals surface area (Å²) in [6.45, 7) is 10.3. The average Bonchev–Trinajstić information content (AvgIpc) is 2.75. The van der Waals surface area contributed by atoms with Crippen molar-refractivity contribution in [1.29, 1.82) is 0 Å². The van der Waals surface area contributed by atoms with Crippen LogP contribution in [0.2, 0.25) is 0 Å². The maximum atomic E-state index is 5.57. The van der Waals surface area contributed by atoms with E-state index in [0.717, 1.165) is 63.4 Å². The Labute approximate surface area is 187 Å². The van der Waals surface area contributed by atoms with Crippen LogP contribution in [0.25, 0.3) is 0 Å². The average molecular weight is 436 g/mol. The summed E-state index contributed by atoms with van der Waals surface area (Å²) < 4.78 is 16.5. The molecule has 2 N–H and O–H groups in total. The van der Waals surface area contributed by atoms with E-state index in [4.69, 9.17) is 14.2 Å². The molecule has 1 aromatic carbocycles.